The van der Waals surface area contributed by atoms with E-state index in [-0.39, 0.29) is 18.7 Å². The lowest BCUT2D eigenvalue weighted by Gasteiger charge is -2.17. The number of amides is 1. The molecule has 0 heterocycles. The zero-order valence-electron chi connectivity index (χ0n) is 10.1. The molecule has 0 aliphatic carbocycles. The highest BCUT2D eigenvalue weighted by molar-refractivity contribution is 5.89. The fourth-order valence-electron chi connectivity index (χ4n) is 1.43. The Morgan fingerprint density at radius 2 is 2.11 bits per heavy atom. The van der Waals surface area contributed by atoms with Gasteiger partial charge in [0.25, 0.3) is 0 Å². The summed E-state index contributed by atoms with van der Waals surface area (Å²) in [7, 11) is 1.55. The summed E-state index contributed by atoms with van der Waals surface area (Å²) in [6.07, 6.45) is 0.951. The maximum absolute atomic E-state index is 11.5. The molecular formula is C13H15NO4. The number of ether oxygens (including phenoxy) is 1. The molecule has 1 amide bonds. The fraction of sp³-hybridized carbons (Fsp3) is 0.231. The Kier molecular flexibility index (Phi) is 4.92. The van der Waals surface area contributed by atoms with E-state index in [4.69, 9.17) is 9.84 Å². The van der Waals surface area contributed by atoms with Gasteiger partial charge >= 0.3 is 12.1 Å². The molecule has 1 aromatic carbocycles. The van der Waals surface area contributed by atoms with Crippen molar-refractivity contribution in [2.45, 2.75) is 6.54 Å². The molecule has 0 aliphatic heterocycles. The fourth-order valence-corrected chi connectivity index (χ4v) is 1.43. The molecule has 0 fully saturated rings. The SMILES string of the molecule is C=CCOC(=O)N(C)Cc1ccccc1C(=O)O. The van der Waals surface area contributed by atoms with E-state index in [0.29, 0.717) is 5.56 Å². The average molecular weight is 249 g/mol. The number of carbonyl (C=O) groups excluding carboxylic acids is 1. The number of nitrogens with zero attached hydrogens (tertiary/aromatic N) is 1. The van der Waals surface area contributed by atoms with Crippen molar-refractivity contribution in [2.24, 2.45) is 0 Å². The van der Waals surface area contributed by atoms with Gasteiger partial charge in [0.2, 0.25) is 0 Å². The molecule has 0 saturated heterocycles. The van der Waals surface area contributed by atoms with Crippen molar-refractivity contribution in [3.8, 4) is 0 Å². The average Bonchev–Trinajstić information content (AvgIpc) is 2.36. The van der Waals surface area contributed by atoms with Gasteiger partial charge in [0.05, 0.1) is 5.56 Å². The molecular weight excluding hydrogens is 234 g/mol. The highest BCUT2D eigenvalue weighted by Crippen LogP contribution is 2.11. The Hall–Kier alpha value is -2.30. The van der Waals surface area contributed by atoms with Gasteiger partial charge in [-0.3, -0.25) is 0 Å². The van der Waals surface area contributed by atoms with Crippen molar-refractivity contribution < 1.29 is 19.4 Å². The lowest BCUT2D eigenvalue weighted by molar-refractivity contribution is 0.0693. The van der Waals surface area contributed by atoms with E-state index in [1.54, 1.807) is 25.2 Å². The third kappa shape index (κ3) is 3.62. The third-order valence-corrected chi connectivity index (χ3v) is 2.29. The Balaban J connectivity index is 2.75. The minimum Gasteiger partial charge on any atom is -0.478 e. The highest BCUT2D eigenvalue weighted by Gasteiger charge is 2.14. The lowest BCUT2D eigenvalue weighted by atomic mass is 10.1. The topological polar surface area (TPSA) is 66.8 Å². The number of hydrogen-bond donors (Lipinski definition) is 1. The second kappa shape index (κ2) is 6.44. The van der Waals surface area contributed by atoms with E-state index >= 15 is 0 Å². The van der Waals surface area contributed by atoms with Crippen LogP contribution in [0.25, 0.3) is 0 Å². The first-order valence-electron chi connectivity index (χ1n) is 5.36. The number of rotatable bonds is 5. The first-order valence-corrected chi connectivity index (χ1v) is 5.36. The van der Waals surface area contributed by atoms with Crippen molar-refractivity contribution in [3.05, 3.63) is 48.0 Å². The van der Waals surface area contributed by atoms with Gasteiger partial charge in [0, 0.05) is 13.6 Å². The Morgan fingerprint density at radius 1 is 1.44 bits per heavy atom. The summed E-state index contributed by atoms with van der Waals surface area (Å²) in [5, 5.41) is 9.01. The molecule has 0 aliphatic rings. The predicted molar refractivity (Wildman–Crippen MR) is 66.4 cm³/mol. The molecule has 0 radical (unpaired) electrons. The van der Waals surface area contributed by atoms with E-state index in [1.807, 2.05) is 0 Å². The molecule has 5 heteroatoms. The van der Waals surface area contributed by atoms with Crippen LogP contribution in [0.3, 0.4) is 0 Å². The van der Waals surface area contributed by atoms with Crippen LogP contribution in [0.15, 0.2) is 36.9 Å². The van der Waals surface area contributed by atoms with Gasteiger partial charge in [-0.25, -0.2) is 9.59 Å². The van der Waals surface area contributed by atoms with Crippen LogP contribution in [0, 0.1) is 0 Å². The molecule has 18 heavy (non-hydrogen) atoms. The van der Waals surface area contributed by atoms with Crippen molar-refractivity contribution >= 4 is 12.1 Å². The summed E-state index contributed by atoms with van der Waals surface area (Å²) in [5.74, 6) is -1.02. The van der Waals surface area contributed by atoms with E-state index in [2.05, 4.69) is 6.58 Å². The van der Waals surface area contributed by atoms with Gasteiger partial charge in [-0.2, -0.15) is 0 Å². The number of benzene rings is 1. The zero-order chi connectivity index (χ0) is 13.5. The van der Waals surface area contributed by atoms with Gasteiger partial charge in [-0.05, 0) is 11.6 Å². The van der Waals surface area contributed by atoms with Gasteiger partial charge in [-0.15, -0.1) is 0 Å². The smallest absolute Gasteiger partial charge is 0.410 e. The van der Waals surface area contributed by atoms with Crippen LogP contribution in [-0.2, 0) is 11.3 Å². The molecule has 96 valence electrons. The van der Waals surface area contributed by atoms with Crippen LogP contribution < -0.4 is 0 Å². The Bertz CT molecular complexity index is 456. The van der Waals surface area contributed by atoms with Crippen molar-refractivity contribution in [2.75, 3.05) is 13.7 Å². The molecule has 0 spiro atoms. The molecule has 1 rings (SSSR count). The van der Waals surface area contributed by atoms with E-state index in [0.717, 1.165) is 0 Å². The number of hydrogen-bond acceptors (Lipinski definition) is 3. The summed E-state index contributed by atoms with van der Waals surface area (Å²) < 4.78 is 4.85. The van der Waals surface area contributed by atoms with Crippen molar-refractivity contribution in [1.82, 2.24) is 4.90 Å². The van der Waals surface area contributed by atoms with E-state index in [1.165, 1.54) is 17.0 Å². The summed E-state index contributed by atoms with van der Waals surface area (Å²) in [4.78, 5) is 23.8. The van der Waals surface area contributed by atoms with Crippen LogP contribution in [0.4, 0.5) is 4.79 Å². The van der Waals surface area contributed by atoms with E-state index in [9.17, 15) is 9.59 Å². The molecule has 0 unspecified atom stereocenters. The second-order valence-corrected chi connectivity index (χ2v) is 3.68. The summed E-state index contributed by atoms with van der Waals surface area (Å²) in [6.45, 7) is 3.75. The summed E-state index contributed by atoms with van der Waals surface area (Å²) >= 11 is 0. The summed E-state index contributed by atoms with van der Waals surface area (Å²) in [6, 6.07) is 6.54. The summed E-state index contributed by atoms with van der Waals surface area (Å²) in [5.41, 5.74) is 0.740. The largest absolute Gasteiger partial charge is 0.478 e. The number of aromatic carboxylic acids is 1. The Labute approximate surface area is 105 Å². The maximum atomic E-state index is 11.5. The van der Waals surface area contributed by atoms with Crippen molar-refractivity contribution in [1.29, 1.82) is 0 Å². The highest BCUT2D eigenvalue weighted by atomic mass is 16.6. The predicted octanol–water partition coefficient (Wildman–Crippen LogP) is 2.14. The molecule has 0 aromatic heterocycles. The van der Waals surface area contributed by atoms with Crippen LogP contribution in [0.2, 0.25) is 0 Å². The normalized spacial score (nSPS) is 9.61. The van der Waals surface area contributed by atoms with Gasteiger partial charge in [0.1, 0.15) is 6.61 Å². The second-order valence-electron chi connectivity index (χ2n) is 3.68. The van der Waals surface area contributed by atoms with Gasteiger partial charge in [-0.1, -0.05) is 30.9 Å². The first-order chi connectivity index (χ1) is 8.56. The quantitative estimate of drug-likeness (QED) is 0.812. The standard InChI is InChI=1S/C13H15NO4/c1-3-8-18-13(17)14(2)9-10-6-4-5-7-11(10)12(15)16/h3-7H,1,8-9H2,2H3,(H,15,16). The van der Waals surface area contributed by atoms with E-state index < -0.39 is 12.1 Å². The molecule has 1 aromatic rings. The minimum atomic E-state index is -1.02. The number of carboxylic acids is 1. The van der Waals surface area contributed by atoms with Crippen LogP contribution >= 0.6 is 0 Å². The minimum absolute atomic E-state index is 0.129. The molecule has 5 nitrogen and oxygen atoms in total. The van der Waals surface area contributed by atoms with Crippen LogP contribution in [0.1, 0.15) is 15.9 Å². The molecule has 1 N–H and O–H groups in total. The number of carboxylic acid groups (broad SMARTS) is 1. The van der Waals surface area contributed by atoms with Gasteiger partial charge < -0.3 is 14.7 Å². The maximum Gasteiger partial charge on any atom is 0.410 e. The molecule has 0 bridgehead atoms. The lowest BCUT2D eigenvalue weighted by Crippen LogP contribution is -2.27. The molecule has 0 atom stereocenters. The van der Waals surface area contributed by atoms with Crippen LogP contribution in [0.5, 0.6) is 0 Å². The van der Waals surface area contributed by atoms with Crippen molar-refractivity contribution in [3.63, 3.8) is 0 Å². The number of carbonyl (C=O) groups is 2. The molecule has 0 saturated carbocycles. The van der Waals surface area contributed by atoms with Gasteiger partial charge in [0.15, 0.2) is 0 Å². The Morgan fingerprint density at radius 3 is 2.72 bits per heavy atom. The van der Waals surface area contributed by atoms with Crippen LogP contribution in [-0.4, -0.2) is 35.7 Å². The zero-order valence-corrected chi connectivity index (χ0v) is 10.1. The third-order valence-electron chi connectivity index (χ3n) is 2.29. The first kappa shape index (κ1) is 13.8. The monoisotopic (exact) mass is 249 g/mol.